The van der Waals surface area contributed by atoms with Crippen LogP contribution in [0, 0.1) is 0 Å². The number of carbonyl (C=O) groups is 1. The fraction of sp³-hybridized carbons (Fsp3) is 0.333. The molecule has 0 saturated carbocycles. The van der Waals surface area contributed by atoms with Gasteiger partial charge in [0.1, 0.15) is 5.82 Å². The second kappa shape index (κ2) is 3.85. The van der Waals surface area contributed by atoms with Gasteiger partial charge in [-0.25, -0.2) is 9.78 Å². The Kier molecular flexibility index (Phi) is 2.33. The van der Waals surface area contributed by atoms with Crippen LogP contribution in [0.3, 0.4) is 0 Å². The van der Waals surface area contributed by atoms with Crippen LogP contribution in [-0.4, -0.2) is 33.7 Å². The van der Waals surface area contributed by atoms with Crippen molar-refractivity contribution < 1.29 is 14.6 Å². The van der Waals surface area contributed by atoms with Crippen molar-refractivity contribution in [1.29, 1.82) is 0 Å². The molecule has 1 aliphatic rings. The van der Waals surface area contributed by atoms with Gasteiger partial charge in [0.25, 0.3) is 0 Å². The van der Waals surface area contributed by atoms with E-state index in [0.717, 1.165) is 18.9 Å². The van der Waals surface area contributed by atoms with Gasteiger partial charge in [-0.2, -0.15) is 0 Å². The topological polar surface area (TPSA) is 63.8 Å². The third-order valence-electron chi connectivity index (χ3n) is 3.12. The molecular formula is C12H12N2O3. The Labute approximate surface area is 97.7 Å². The summed E-state index contributed by atoms with van der Waals surface area (Å²) in [5.41, 5.74) is 0.923. The number of ether oxygens (including phenoxy) is 1. The molecule has 3 heterocycles. The minimum atomic E-state index is -0.926. The highest BCUT2D eigenvalue weighted by Gasteiger charge is 2.23. The van der Waals surface area contributed by atoms with Crippen LogP contribution >= 0.6 is 0 Å². The molecule has 5 nitrogen and oxygen atoms in total. The summed E-state index contributed by atoms with van der Waals surface area (Å²) in [6.45, 7) is 1.41. The summed E-state index contributed by atoms with van der Waals surface area (Å²) in [4.78, 5) is 15.4. The minimum Gasteiger partial charge on any atom is -0.478 e. The van der Waals surface area contributed by atoms with Gasteiger partial charge >= 0.3 is 5.97 Å². The Hall–Kier alpha value is -1.88. The van der Waals surface area contributed by atoms with Gasteiger partial charge in [-0.3, -0.25) is 0 Å². The average Bonchev–Trinajstić information content (AvgIpc) is 2.96. The molecule has 0 radical (unpaired) electrons. The standard InChI is InChI=1S/C12H12N2O3/c15-12(16)9-2-1-4-14-10(9)6-13-11(14)8-3-5-17-7-8/h1-2,4,6,8H,3,5,7H2,(H,15,16). The van der Waals surface area contributed by atoms with Gasteiger partial charge in [0.05, 0.1) is 23.9 Å². The largest absolute Gasteiger partial charge is 0.478 e. The summed E-state index contributed by atoms with van der Waals surface area (Å²) in [7, 11) is 0. The summed E-state index contributed by atoms with van der Waals surface area (Å²) in [5, 5.41) is 9.09. The molecule has 0 aliphatic carbocycles. The lowest BCUT2D eigenvalue weighted by molar-refractivity contribution is 0.0698. The Morgan fingerprint density at radius 1 is 1.59 bits per heavy atom. The van der Waals surface area contributed by atoms with Crippen LogP contribution in [0.5, 0.6) is 0 Å². The number of carboxylic acids is 1. The summed E-state index contributed by atoms with van der Waals surface area (Å²) in [6.07, 6.45) is 4.41. The van der Waals surface area contributed by atoms with Gasteiger partial charge in [0, 0.05) is 18.7 Å². The molecule has 3 rings (SSSR count). The van der Waals surface area contributed by atoms with Crippen LogP contribution in [0.4, 0.5) is 0 Å². The lowest BCUT2D eigenvalue weighted by Crippen LogP contribution is -2.05. The number of pyridine rings is 1. The Morgan fingerprint density at radius 2 is 2.47 bits per heavy atom. The van der Waals surface area contributed by atoms with E-state index < -0.39 is 5.97 Å². The zero-order valence-electron chi connectivity index (χ0n) is 9.17. The van der Waals surface area contributed by atoms with Crippen molar-refractivity contribution in [3.63, 3.8) is 0 Å². The van der Waals surface area contributed by atoms with E-state index in [9.17, 15) is 4.79 Å². The van der Waals surface area contributed by atoms with E-state index in [2.05, 4.69) is 4.98 Å². The van der Waals surface area contributed by atoms with Gasteiger partial charge in [0.2, 0.25) is 0 Å². The Morgan fingerprint density at radius 3 is 3.18 bits per heavy atom. The van der Waals surface area contributed by atoms with Gasteiger partial charge in [-0.1, -0.05) is 0 Å². The molecule has 1 unspecified atom stereocenters. The Balaban J connectivity index is 2.15. The molecule has 17 heavy (non-hydrogen) atoms. The molecule has 0 bridgehead atoms. The van der Waals surface area contributed by atoms with Crippen molar-refractivity contribution in [2.75, 3.05) is 13.2 Å². The van der Waals surface area contributed by atoms with Crippen molar-refractivity contribution >= 4 is 11.5 Å². The molecule has 0 spiro atoms. The number of nitrogens with zero attached hydrogens (tertiary/aromatic N) is 2. The van der Waals surface area contributed by atoms with Gasteiger partial charge in [-0.15, -0.1) is 0 Å². The van der Waals surface area contributed by atoms with Gasteiger partial charge < -0.3 is 14.2 Å². The zero-order valence-corrected chi connectivity index (χ0v) is 9.17. The van der Waals surface area contributed by atoms with Gasteiger partial charge in [0.15, 0.2) is 0 Å². The molecule has 1 saturated heterocycles. The van der Waals surface area contributed by atoms with Crippen molar-refractivity contribution in [2.24, 2.45) is 0 Å². The van der Waals surface area contributed by atoms with E-state index in [1.165, 1.54) is 0 Å². The molecule has 88 valence electrons. The van der Waals surface area contributed by atoms with Crippen molar-refractivity contribution in [2.45, 2.75) is 12.3 Å². The fourth-order valence-corrected chi connectivity index (χ4v) is 2.26. The monoisotopic (exact) mass is 232 g/mol. The Bertz CT molecular complexity index is 570. The quantitative estimate of drug-likeness (QED) is 0.853. The van der Waals surface area contributed by atoms with Crippen LogP contribution in [0.2, 0.25) is 0 Å². The molecule has 1 N–H and O–H groups in total. The first-order valence-corrected chi connectivity index (χ1v) is 5.54. The second-order valence-corrected chi connectivity index (χ2v) is 4.16. The van der Waals surface area contributed by atoms with E-state index in [0.29, 0.717) is 12.1 Å². The first-order chi connectivity index (χ1) is 8.27. The maximum Gasteiger partial charge on any atom is 0.337 e. The average molecular weight is 232 g/mol. The van der Waals surface area contributed by atoms with E-state index in [1.807, 2.05) is 10.6 Å². The third-order valence-corrected chi connectivity index (χ3v) is 3.12. The zero-order chi connectivity index (χ0) is 11.8. The minimum absolute atomic E-state index is 0.265. The van der Waals surface area contributed by atoms with Crippen molar-refractivity contribution in [3.05, 3.63) is 35.9 Å². The number of aromatic nitrogens is 2. The van der Waals surface area contributed by atoms with Crippen molar-refractivity contribution in [3.8, 4) is 0 Å². The number of carboxylic acid groups (broad SMARTS) is 1. The van der Waals surface area contributed by atoms with Crippen LogP contribution in [0.15, 0.2) is 24.5 Å². The van der Waals surface area contributed by atoms with Gasteiger partial charge in [-0.05, 0) is 18.6 Å². The van der Waals surface area contributed by atoms with E-state index in [1.54, 1.807) is 18.3 Å². The lowest BCUT2D eigenvalue weighted by Gasteiger charge is -2.07. The molecular weight excluding hydrogens is 220 g/mol. The molecule has 1 fully saturated rings. The number of hydrogen-bond acceptors (Lipinski definition) is 3. The summed E-state index contributed by atoms with van der Waals surface area (Å²) >= 11 is 0. The molecule has 0 aromatic carbocycles. The number of imidazole rings is 1. The molecule has 1 atom stereocenters. The number of fused-ring (bicyclic) bond motifs is 1. The van der Waals surface area contributed by atoms with Crippen molar-refractivity contribution in [1.82, 2.24) is 9.38 Å². The van der Waals surface area contributed by atoms with Crippen LogP contribution < -0.4 is 0 Å². The fourth-order valence-electron chi connectivity index (χ4n) is 2.26. The molecule has 5 heteroatoms. The number of hydrogen-bond donors (Lipinski definition) is 1. The first-order valence-electron chi connectivity index (χ1n) is 5.54. The highest BCUT2D eigenvalue weighted by Crippen LogP contribution is 2.25. The normalized spacial score (nSPS) is 19.9. The van der Waals surface area contributed by atoms with Crippen LogP contribution in [0.1, 0.15) is 28.5 Å². The molecule has 2 aromatic rings. The maximum absolute atomic E-state index is 11.1. The van der Waals surface area contributed by atoms with E-state index in [-0.39, 0.29) is 11.5 Å². The first kappa shape index (κ1) is 10.3. The van der Waals surface area contributed by atoms with Crippen LogP contribution in [-0.2, 0) is 4.74 Å². The maximum atomic E-state index is 11.1. The third kappa shape index (κ3) is 1.59. The molecule has 2 aromatic heterocycles. The van der Waals surface area contributed by atoms with Crippen LogP contribution in [0.25, 0.3) is 5.52 Å². The highest BCUT2D eigenvalue weighted by molar-refractivity contribution is 5.95. The second-order valence-electron chi connectivity index (χ2n) is 4.16. The molecule has 0 amide bonds. The SMILES string of the molecule is O=C(O)c1cccn2c(C3CCOC3)ncc12. The predicted molar refractivity (Wildman–Crippen MR) is 60.3 cm³/mol. The number of rotatable bonds is 2. The van der Waals surface area contributed by atoms with E-state index >= 15 is 0 Å². The summed E-state index contributed by atoms with van der Waals surface area (Å²) in [6, 6.07) is 3.33. The lowest BCUT2D eigenvalue weighted by atomic mass is 10.1. The molecule has 1 aliphatic heterocycles. The number of aromatic carboxylic acids is 1. The summed E-state index contributed by atoms with van der Waals surface area (Å²) < 4.78 is 7.19. The smallest absolute Gasteiger partial charge is 0.337 e. The van der Waals surface area contributed by atoms with E-state index in [4.69, 9.17) is 9.84 Å². The predicted octanol–water partition coefficient (Wildman–Crippen LogP) is 1.54. The highest BCUT2D eigenvalue weighted by atomic mass is 16.5. The summed E-state index contributed by atoms with van der Waals surface area (Å²) in [5.74, 6) is 0.229.